The van der Waals surface area contributed by atoms with Gasteiger partial charge in [0.15, 0.2) is 5.82 Å². The molecule has 0 spiro atoms. The van der Waals surface area contributed by atoms with Crippen molar-refractivity contribution >= 4 is 34.0 Å². The maximum atomic E-state index is 9.04. The van der Waals surface area contributed by atoms with Gasteiger partial charge in [-0.15, -0.1) is 0 Å². The van der Waals surface area contributed by atoms with Crippen LogP contribution in [0.4, 0.5) is 11.5 Å². The fourth-order valence-electron chi connectivity index (χ4n) is 2.46. The number of nitrogen functional groups attached to an aromatic ring is 1. The molecule has 3 rings (SSSR count). The van der Waals surface area contributed by atoms with E-state index in [0.29, 0.717) is 17.0 Å². The highest BCUT2D eigenvalue weighted by molar-refractivity contribution is 6.31. The zero-order chi connectivity index (χ0) is 16.2. The molecule has 2 aromatic heterocycles. The second-order valence-corrected chi connectivity index (χ2v) is 5.56. The lowest BCUT2D eigenvalue weighted by Gasteiger charge is -2.09. The number of aromatic nitrogens is 3. The number of rotatable bonds is 5. The van der Waals surface area contributed by atoms with Crippen LogP contribution in [0.5, 0.6) is 0 Å². The summed E-state index contributed by atoms with van der Waals surface area (Å²) in [6.07, 6.45) is 3.30. The molecular weight excluding hydrogens is 312 g/mol. The van der Waals surface area contributed by atoms with Gasteiger partial charge in [0.2, 0.25) is 0 Å². The highest BCUT2D eigenvalue weighted by atomic mass is 35.5. The molecule has 6 nitrogen and oxygen atoms in total. The minimum absolute atomic E-state index is 0.257. The van der Waals surface area contributed by atoms with Crippen LogP contribution < -0.4 is 11.1 Å². The number of halogens is 1. The van der Waals surface area contributed by atoms with Gasteiger partial charge in [0.25, 0.3) is 0 Å². The SMILES string of the molecule is N#Cc1c(N)n[nH]c1CCCNc1ccnc2cc(Cl)ccc12. The summed E-state index contributed by atoms with van der Waals surface area (Å²) >= 11 is 5.99. The fourth-order valence-corrected chi connectivity index (χ4v) is 2.63. The first kappa shape index (κ1) is 15.1. The van der Waals surface area contributed by atoms with Crippen LogP contribution in [0, 0.1) is 11.3 Å². The molecule has 1 aromatic carbocycles. The average Bonchev–Trinajstić information content (AvgIpc) is 2.91. The normalized spacial score (nSPS) is 10.6. The zero-order valence-electron chi connectivity index (χ0n) is 12.3. The van der Waals surface area contributed by atoms with Crippen LogP contribution in [-0.2, 0) is 6.42 Å². The number of H-pyrrole nitrogens is 1. The molecule has 0 atom stereocenters. The minimum atomic E-state index is 0.257. The van der Waals surface area contributed by atoms with E-state index in [9.17, 15) is 0 Å². The zero-order valence-corrected chi connectivity index (χ0v) is 13.1. The molecule has 0 saturated carbocycles. The Morgan fingerprint density at radius 1 is 1.35 bits per heavy atom. The van der Waals surface area contributed by atoms with Crippen LogP contribution in [-0.4, -0.2) is 21.7 Å². The molecule has 0 amide bonds. The molecule has 0 fully saturated rings. The molecule has 0 unspecified atom stereocenters. The summed E-state index contributed by atoms with van der Waals surface area (Å²) in [4.78, 5) is 4.32. The van der Waals surface area contributed by atoms with Gasteiger partial charge in [0.05, 0.1) is 11.2 Å². The first-order valence-corrected chi connectivity index (χ1v) is 7.58. The van der Waals surface area contributed by atoms with E-state index < -0.39 is 0 Å². The number of aryl methyl sites for hydroxylation is 1. The quantitative estimate of drug-likeness (QED) is 0.625. The Kier molecular flexibility index (Phi) is 4.31. The Bertz CT molecular complexity index is 880. The summed E-state index contributed by atoms with van der Waals surface area (Å²) < 4.78 is 0. The van der Waals surface area contributed by atoms with Crippen LogP contribution in [0.1, 0.15) is 17.7 Å². The van der Waals surface area contributed by atoms with Gasteiger partial charge in [-0.05, 0) is 37.1 Å². The smallest absolute Gasteiger partial charge is 0.163 e. The molecule has 0 aliphatic rings. The summed E-state index contributed by atoms with van der Waals surface area (Å²) in [5.41, 5.74) is 8.71. The lowest BCUT2D eigenvalue weighted by atomic mass is 10.1. The van der Waals surface area contributed by atoms with Crippen molar-refractivity contribution in [3.8, 4) is 6.07 Å². The lowest BCUT2D eigenvalue weighted by molar-refractivity contribution is 0.826. The molecule has 2 heterocycles. The Morgan fingerprint density at radius 3 is 3.04 bits per heavy atom. The minimum Gasteiger partial charge on any atom is -0.384 e. The predicted molar refractivity (Wildman–Crippen MR) is 91.3 cm³/mol. The number of pyridine rings is 1. The third-order valence-electron chi connectivity index (χ3n) is 3.60. The van der Waals surface area contributed by atoms with Gasteiger partial charge >= 0.3 is 0 Å². The topological polar surface area (TPSA) is 103 Å². The Balaban J connectivity index is 1.64. The molecule has 4 N–H and O–H groups in total. The van der Waals surface area contributed by atoms with Crippen molar-refractivity contribution in [2.75, 3.05) is 17.6 Å². The highest BCUT2D eigenvalue weighted by Crippen LogP contribution is 2.24. The van der Waals surface area contributed by atoms with Crippen molar-refractivity contribution in [1.29, 1.82) is 5.26 Å². The van der Waals surface area contributed by atoms with Crippen LogP contribution in [0.2, 0.25) is 5.02 Å². The van der Waals surface area contributed by atoms with Gasteiger partial charge in [-0.25, -0.2) is 0 Å². The van der Waals surface area contributed by atoms with Crippen molar-refractivity contribution < 1.29 is 0 Å². The van der Waals surface area contributed by atoms with Crippen molar-refractivity contribution in [3.63, 3.8) is 0 Å². The van der Waals surface area contributed by atoms with Crippen LogP contribution in [0.3, 0.4) is 0 Å². The molecular formula is C16H15ClN6. The number of nitrogens with one attached hydrogen (secondary N) is 2. The van der Waals surface area contributed by atoms with Gasteiger partial charge in [-0.3, -0.25) is 10.1 Å². The van der Waals surface area contributed by atoms with Gasteiger partial charge in [-0.1, -0.05) is 11.6 Å². The molecule has 0 saturated heterocycles. The van der Waals surface area contributed by atoms with Crippen LogP contribution >= 0.6 is 11.6 Å². The second kappa shape index (κ2) is 6.55. The number of nitrogens with two attached hydrogens (primary N) is 1. The molecule has 0 bridgehead atoms. The second-order valence-electron chi connectivity index (χ2n) is 5.12. The third kappa shape index (κ3) is 3.20. The predicted octanol–water partition coefficient (Wildman–Crippen LogP) is 3.11. The van der Waals surface area contributed by atoms with Crippen molar-refractivity contribution in [1.82, 2.24) is 15.2 Å². The van der Waals surface area contributed by atoms with E-state index in [1.807, 2.05) is 24.3 Å². The molecule has 23 heavy (non-hydrogen) atoms. The lowest BCUT2D eigenvalue weighted by Crippen LogP contribution is -2.04. The standard InChI is InChI=1S/C16H15ClN6/c17-10-3-4-11-13(5-7-21-15(11)8-10)20-6-1-2-14-12(9-18)16(19)23-22-14/h3-5,7-8H,1-2,6H2,(H,20,21)(H3,19,22,23). The molecule has 0 aliphatic heterocycles. The van der Waals surface area contributed by atoms with Crippen molar-refractivity contribution in [3.05, 3.63) is 46.7 Å². The highest BCUT2D eigenvalue weighted by Gasteiger charge is 2.09. The van der Waals surface area contributed by atoms with E-state index in [1.54, 1.807) is 6.20 Å². The summed E-state index contributed by atoms with van der Waals surface area (Å²) in [6.45, 7) is 0.755. The summed E-state index contributed by atoms with van der Waals surface area (Å²) in [6, 6.07) is 9.65. The number of nitrogens with zero attached hydrogens (tertiary/aromatic N) is 3. The summed E-state index contributed by atoms with van der Waals surface area (Å²) in [5, 5.41) is 20.8. The van der Waals surface area contributed by atoms with E-state index in [4.69, 9.17) is 22.6 Å². The number of benzene rings is 1. The maximum Gasteiger partial charge on any atom is 0.163 e. The number of nitriles is 1. The van der Waals surface area contributed by atoms with Gasteiger partial charge in [-0.2, -0.15) is 10.4 Å². The monoisotopic (exact) mass is 326 g/mol. The van der Waals surface area contributed by atoms with Gasteiger partial charge in [0.1, 0.15) is 11.6 Å². The van der Waals surface area contributed by atoms with Crippen molar-refractivity contribution in [2.45, 2.75) is 12.8 Å². The Labute approximate surface area is 138 Å². The van der Waals surface area contributed by atoms with E-state index in [0.717, 1.165) is 35.2 Å². The Morgan fingerprint density at radius 2 is 2.22 bits per heavy atom. The molecule has 3 aromatic rings. The van der Waals surface area contributed by atoms with Gasteiger partial charge in [0, 0.05) is 28.8 Å². The molecule has 7 heteroatoms. The number of aromatic amines is 1. The van der Waals surface area contributed by atoms with Gasteiger partial charge < -0.3 is 11.1 Å². The number of hydrogen-bond acceptors (Lipinski definition) is 5. The summed E-state index contributed by atoms with van der Waals surface area (Å²) in [7, 11) is 0. The van der Waals surface area contributed by atoms with E-state index in [-0.39, 0.29) is 5.82 Å². The molecule has 0 radical (unpaired) electrons. The largest absolute Gasteiger partial charge is 0.384 e. The molecule has 0 aliphatic carbocycles. The fraction of sp³-hybridized carbons (Fsp3) is 0.188. The first-order chi connectivity index (χ1) is 11.2. The van der Waals surface area contributed by atoms with Crippen LogP contribution in [0.25, 0.3) is 10.9 Å². The van der Waals surface area contributed by atoms with E-state index >= 15 is 0 Å². The van der Waals surface area contributed by atoms with Crippen LogP contribution in [0.15, 0.2) is 30.5 Å². The first-order valence-electron chi connectivity index (χ1n) is 7.20. The average molecular weight is 327 g/mol. The number of fused-ring (bicyclic) bond motifs is 1. The number of anilines is 2. The van der Waals surface area contributed by atoms with E-state index in [2.05, 4.69) is 26.6 Å². The summed E-state index contributed by atoms with van der Waals surface area (Å²) in [5.74, 6) is 0.257. The van der Waals surface area contributed by atoms with Crippen molar-refractivity contribution in [2.24, 2.45) is 0 Å². The maximum absolute atomic E-state index is 9.04. The third-order valence-corrected chi connectivity index (χ3v) is 3.84. The number of hydrogen-bond donors (Lipinski definition) is 3. The Hall–Kier alpha value is -2.78. The molecule has 116 valence electrons. The van der Waals surface area contributed by atoms with E-state index in [1.165, 1.54) is 0 Å².